The minimum atomic E-state index is -5.19. The van der Waals surface area contributed by atoms with Gasteiger partial charge in [0.05, 0.1) is 18.3 Å². The van der Waals surface area contributed by atoms with E-state index in [1.807, 2.05) is 6.07 Å². The number of aromatic amines is 1. The average Bonchev–Trinajstić information content (AvgIpc) is 3.36. The monoisotopic (exact) mass is 551 g/mol. The summed E-state index contributed by atoms with van der Waals surface area (Å²) >= 11 is 0. The van der Waals surface area contributed by atoms with Crippen LogP contribution in [0.4, 0.5) is 27.6 Å². The van der Waals surface area contributed by atoms with Gasteiger partial charge in [-0.05, 0) is 54.8 Å². The fraction of sp³-hybridized carbons (Fsp3) is 0.320. The number of aromatic nitrogens is 2. The van der Waals surface area contributed by atoms with Crippen LogP contribution in [0.25, 0.3) is 16.5 Å². The standard InChI is InChI=1S/C25H26F5N7O2/c26-19-7-15(8-20(27)24(19)39-25(28,29)30)13-34-3-1-2-5-38-6-4-35-22-9-16(17(11-31)21(33)12-32)10-23-18(22)14-36-37-23/h7-11,14,31,34-35H,1-6,13,33H2,(H,36,37)/b21-17+,31-11?. The maximum absolute atomic E-state index is 13.8. The van der Waals surface area contributed by atoms with Gasteiger partial charge >= 0.3 is 6.36 Å². The summed E-state index contributed by atoms with van der Waals surface area (Å²) in [5, 5.41) is 30.6. The first-order valence-electron chi connectivity index (χ1n) is 11.8. The number of hydrogen-bond donors (Lipinski definition) is 5. The molecule has 2 aromatic carbocycles. The number of fused-ring (bicyclic) bond motifs is 1. The molecule has 1 aromatic heterocycles. The number of allylic oxidation sites excluding steroid dienone is 2. The number of rotatable bonds is 14. The van der Waals surface area contributed by atoms with Crippen LogP contribution < -0.4 is 21.1 Å². The van der Waals surface area contributed by atoms with E-state index in [2.05, 4.69) is 25.6 Å². The zero-order chi connectivity index (χ0) is 28.4. The van der Waals surface area contributed by atoms with Crippen molar-refractivity contribution >= 4 is 28.4 Å². The number of unbranched alkanes of at least 4 members (excludes halogenated alkanes) is 1. The van der Waals surface area contributed by atoms with Crippen LogP contribution in [0.15, 0.2) is 36.2 Å². The molecule has 3 aromatic rings. The normalized spacial score (nSPS) is 12.2. The number of benzene rings is 2. The van der Waals surface area contributed by atoms with E-state index >= 15 is 0 Å². The number of hydrogen-bond acceptors (Lipinski definition) is 8. The van der Waals surface area contributed by atoms with Gasteiger partial charge in [-0.2, -0.15) is 10.4 Å². The van der Waals surface area contributed by atoms with E-state index in [1.54, 1.807) is 18.3 Å². The highest BCUT2D eigenvalue weighted by Crippen LogP contribution is 2.30. The van der Waals surface area contributed by atoms with E-state index in [0.29, 0.717) is 55.8 Å². The molecular formula is C25H26F5N7O2. The predicted octanol–water partition coefficient (Wildman–Crippen LogP) is 4.58. The highest BCUT2D eigenvalue weighted by molar-refractivity contribution is 6.12. The van der Waals surface area contributed by atoms with Crippen LogP contribution >= 0.6 is 0 Å². The van der Waals surface area contributed by atoms with E-state index in [0.717, 1.165) is 29.4 Å². The molecular weight excluding hydrogens is 525 g/mol. The van der Waals surface area contributed by atoms with Gasteiger partial charge in [0, 0.05) is 42.6 Å². The van der Waals surface area contributed by atoms with Crippen LogP contribution in [0.5, 0.6) is 5.75 Å². The molecule has 0 unspecified atom stereocenters. The number of nitrogens with two attached hydrogens (primary N) is 1. The Labute approximate surface area is 220 Å². The number of H-pyrrole nitrogens is 1. The summed E-state index contributed by atoms with van der Waals surface area (Å²) in [6.07, 6.45) is -1.10. The van der Waals surface area contributed by atoms with Crippen molar-refractivity contribution < 1.29 is 31.4 Å². The van der Waals surface area contributed by atoms with Crippen molar-refractivity contribution in [3.05, 3.63) is 58.9 Å². The highest BCUT2D eigenvalue weighted by Gasteiger charge is 2.34. The second kappa shape index (κ2) is 13.5. The number of nitrogens with one attached hydrogen (secondary N) is 4. The predicted molar refractivity (Wildman–Crippen MR) is 135 cm³/mol. The van der Waals surface area contributed by atoms with Gasteiger partial charge in [-0.15, -0.1) is 13.2 Å². The largest absolute Gasteiger partial charge is 0.573 e. The molecule has 208 valence electrons. The van der Waals surface area contributed by atoms with Gasteiger partial charge in [-0.3, -0.25) is 5.10 Å². The van der Waals surface area contributed by atoms with E-state index in [4.69, 9.17) is 21.1 Å². The van der Waals surface area contributed by atoms with Crippen molar-refractivity contribution in [3.63, 3.8) is 0 Å². The third kappa shape index (κ3) is 8.39. The molecule has 39 heavy (non-hydrogen) atoms. The summed E-state index contributed by atoms with van der Waals surface area (Å²) in [7, 11) is 0. The molecule has 6 N–H and O–H groups in total. The number of alkyl halides is 3. The first kappa shape index (κ1) is 29.3. The minimum Gasteiger partial charge on any atom is -0.399 e. The van der Waals surface area contributed by atoms with Crippen LogP contribution in [0, 0.1) is 28.4 Å². The Balaban J connectivity index is 1.37. The van der Waals surface area contributed by atoms with Crippen molar-refractivity contribution in [1.29, 1.82) is 10.7 Å². The molecule has 0 aliphatic carbocycles. The zero-order valence-electron chi connectivity index (χ0n) is 20.6. The second-order valence-electron chi connectivity index (χ2n) is 8.30. The Morgan fingerprint density at radius 3 is 2.54 bits per heavy atom. The molecule has 14 heteroatoms. The number of ether oxygens (including phenoxy) is 2. The lowest BCUT2D eigenvalue weighted by atomic mass is 10.0. The maximum atomic E-state index is 13.8. The summed E-state index contributed by atoms with van der Waals surface area (Å²) in [6, 6.07) is 6.97. The molecule has 0 spiro atoms. The minimum absolute atomic E-state index is 0.0691. The van der Waals surface area contributed by atoms with Crippen LogP contribution in [-0.2, 0) is 11.3 Å². The van der Waals surface area contributed by atoms with Crippen molar-refractivity contribution in [2.24, 2.45) is 5.73 Å². The molecule has 0 aliphatic rings. The fourth-order valence-corrected chi connectivity index (χ4v) is 3.70. The van der Waals surface area contributed by atoms with Crippen LogP contribution in [0.1, 0.15) is 24.0 Å². The molecule has 1 heterocycles. The zero-order valence-corrected chi connectivity index (χ0v) is 20.6. The molecule has 3 rings (SSSR count). The van der Waals surface area contributed by atoms with Gasteiger partial charge in [0.2, 0.25) is 5.75 Å². The van der Waals surface area contributed by atoms with Crippen LogP contribution in [-0.4, -0.2) is 49.1 Å². The molecule has 0 saturated heterocycles. The van der Waals surface area contributed by atoms with E-state index in [9.17, 15) is 22.0 Å². The van der Waals surface area contributed by atoms with Crippen molar-refractivity contribution in [3.8, 4) is 11.8 Å². The van der Waals surface area contributed by atoms with Crippen molar-refractivity contribution in [2.45, 2.75) is 25.7 Å². The third-order valence-electron chi connectivity index (χ3n) is 5.48. The lowest BCUT2D eigenvalue weighted by Crippen LogP contribution is -2.20. The Morgan fingerprint density at radius 1 is 1.13 bits per heavy atom. The summed E-state index contributed by atoms with van der Waals surface area (Å²) in [5.74, 6) is -4.33. The molecule has 0 atom stereocenters. The number of anilines is 1. The molecule has 0 radical (unpaired) electrons. The number of halogens is 5. The van der Waals surface area contributed by atoms with Gasteiger partial charge in [0.1, 0.15) is 11.8 Å². The Morgan fingerprint density at radius 2 is 1.87 bits per heavy atom. The van der Waals surface area contributed by atoms with Crippen LogP contribution in [0.3, 0.4) is 0 Å². The summed E-state index contributed by atoms with van der Waals surface area (Å²) < 4.78 is 73.2. The molecule has 0 amide bonds. The lowest BCUT2D eigenvalue weighted by Gasteiger charge is -2.12. The van der Waals surface area contributed by atoms with Gasteiger partial charge in [-0.1, -0.05) is 0 Å². The Kier molecular flexibility index (Phi) is 10.2. The summed E-state index contributed by atoms with van der Waals surface area (Å²) in [4.78, 5) is 0. The maximum Gasteiger partial charge on any atom is 0.573 e. The SMILES string of the molecule is N#C/C(N)=C(/C=N)c1cc(NCCOCCCCNCc2cc(F)c(OC(F)(F)F)c(F)c2)c2cn[nH]c2c1. The van der Waals surface area contributed by atoms with Gasteiger partial charge in [0.25, 0.3) is 0 Å². The smallest absolute Gasteiger partial charge is 0.399 e. The second-order valence-corrected chi connectivity index (χ2v) is 8.30. The first-order chi connectivity index (χ1) is 18.6. The topological polar surface area (TPSA) is 145 Å². The molecule has 0 bridgehead atoms. The number of nitriles is 1. The van der Waals surface area contributed by atoms with Gasteiger partial charge in [0.15, 0.2) is 11.6 Å². The lowest BCUT2D eigenvalue weighted by molar-refractivity contribution is -0.276. The van der Waals surface area contributed by atoms with E-state index < -0.39 is 23.7 Å². The van der Waals surface area contributed by atoms with E-state index in [1.165, 1.54) is 0 Å². The quantitative estimate of drug-likeness (QED) is 0.0854. The molecule has 0 aliphatic heterocycles. The Hall–Kier alpha value is -4.22. The molecule has 0 saturated carbocycles. The third-order valence-corrected chi connectivity index (χ3v) is 5.48. The van der Waals surface area contributed by atoms with Crippen LogP contribution in [0.2, 0.25) is 0 Å². The highest BCUT2D eigenvalue weighted by atomic mass is 19.4. The fourth-order valence-electron chi connectivity index (χ4n) is 3.70. The molecule has 0 fully saturated rings. The van der Waals surface area contributed by atoms with E-state index in [-0.39, 0.29) is 17.8 Å². The first-order valence-corrected chi connectivity index (χ1v) is 11.8. The summed E-state index contributed by atoms with van der Waals surface area (Å²) in [5.41, 5.74) is 8.14. The van der Waals surface area contributed by atoms with Gasteiger partial charge < -0.3 is 31.3 Å². The van der Waals surface area contributed by atoms with Crippen molar-refractivity contribution in [1.82, 2.24) is 15.5 Å². The average molecular weight is 552 g/mol. The Bertz CT molecular complexity index is 1340. The van der Waals surface area contributed by atoms with Crippen molar-refractivity contribution in [2.75, 3.05) is 31.6 Å². The number of nitrogens with zero attached hydrogens (tertiary/aromatic N) is 2. The van der Waals surface area contributed by atoms with Gasteiger partial charge in [-0.25, -0.2) is 8.78 Å². The summed E-state index contributed by atoms with van der Waals surface area (Å²) in [6.45, 7) is 1.92. The molecule has 9 nitrogen and oxygen atoms in total.